The fourth-order valence-electron chi connectivity index (χ4n) is 2.03. The zero-order valence-electron chi connectivity index (χ0n) is 13.0. The molecular formula is C17H27N3. The first kappa shape index (κ1) is 16.7. The Morgan fingerprint density at radius 2 is 1.75 bits per heavy atom. The SMILES string of the molecule is CCCN(CCN(C)C)Cc1ccc(C#CCN)cc1. The molecule has 3 heteroatoms. The highest BCUT2D eigenvalue weighted by molar-refractivity contribution is 5.36. The van der Waals surface area contributed by atoms with Crippen molar-refractivity contribution >= 4 is 0 Å². The number of benzene rings is 1. The molecule has 0 atom stereocenters. The van der Waals surface area contributed by atoms with Crippen LogP contribution in [0.4, 0.5) is 0 Å². The summed E-state index contributed by atoms with van der Waals surface area (Å²) in [4.78, 5) is 4.73. The quantitative estimate of drug-likeness (QED) is 0.769. The van der Waals surface area contributed by atoms with Gasteiger partial charge in [-0.25, -0.2) is 0 Å². The Kier molecular flexibility index (Phi) is 7.98. The van der Waals surface area contributed by atoms with Crippen LogP contribution in [-0.2, 0) is 6.54 Å². The molecular weight excluding hydrogens is 246 g/mol. The Labute approximate surface area is 123 Å². The van der Waals surface area contributed by atoms with Crippen molar-refractivity contribution in [1.29, 1.82) is 0 Å². The monoisotopic (exact) mass is 273 g/mol. The van der Waals surface area contributed by atoms with Crippen molar-refractivity contribution in [3.8, 4) is 11.8 Å². The number of nitrogens with zero attached hydrogens (tertiary/aromatic N) is 2. The van der Waals surface area contributed by atoms with Crippen molar-refractivity contribution < 1.29 is 0 Å². The first-order valence-electron chi connectivity index (χ1n) is 7.30. The molecule has 0 radical (unpaired) electrons. The van der Waals surface area contributed by atoms with E-state index in [1.165, 1.54) is 12.0 Å². The molecule has 0 saturated carbocycles. The zero-order chi connectivity index (χ0) is 14.8. The number of hydrogen-bond acceptors (Lipinski definition) is 3. The molecule has 0 aliphatic rings. The van der Waals surface area contributed by atoms with Gasteiger partial charge in [-0.1, -0.05) is 30.9 Å². The van der Waals surface area contributed by atoms with E-state index in [2.05, 4.69) is 66.9 Å². The van der Waals surface area contributed by atoms with Crippen molar-refractivity contribution in [2.45, 2.75) is 19.9 Å². The normalized spacial score (nSPS) is 10.7. The molecule has 0 heterocycles. The lowest BCUT2D eigenvalue weighted by molar-refractivity contribution is 0.234. The Morgan fingerprint density at radius 3 is 2.30 bits per heavy atom. The van der Waals surface area contributed by atoms with Crippen molar-refractivity contribution in [2.75, 3.05) is 40.3 Å². The molecule has 0 bridgehead atoms. The second-order valence-corrected chi connectivity index (χ2v) is 5.28. The summed E-state index contributed by atoms with van der Waals surface area (Å²) in [5, 5.41) is 0. The third-order valence-electron chi connectivity index (χ3n) is 3.10. The molecule has 0 spiro atoms. The highest BCUT2D eigenvalue weighted by atomic mass is 15.2. The molecule has 0 aliphatic carbocycles. The predicted octanol–water partition coefficient (Wildman–Crippen LogP) is 1.77. The third kappa shape index (κ3) is 6.72. The largest absolute Gasteiger partial charge is 0.320 e. The molecule has 20 heavy (non-hydrogen) atoms. The van der Waals surface area contributed by atoms with Gasteiger partial charge in [-0.15, -0.1) is 0 Å². The van der Waals surface area contributed by atoms with Gasteiger partial charge in [-0.2, -0.15) is 0 Å². The van der Waals surface area contributed by atoms with Crippen LogP contribution >= 0.6 is 0 Å². The average molecular weight is 273 g/mol. The van der Waals surface area contributed by atoms with E-state index in [9.17, 15) is 0 Å². The first-order valence-corrected chi connectivity index (χ1v) is 7.30. The minimum Gasteiger partial charge on any atom is -0.320 e. The highest BCUT2D eigenvalue weighted by Crippen LogP contribution is 2.07. The fraction of sp³-hybridized carbons (Fsp3) is 0.529. The minimum absolute atomic E-state index is 0.413. The molecule has 2 N–H and O–H groups in total. The summed E-state index contributed by atoms with van der Waals surface area (Å²) in [6, 6.07) is 8.49. The molecule has 0 aliphatic heterocycles. The molecule has 0 aromatic heterocycles. The smallest absolute Gasteiger partial charge is 0.0555 e. The average Bonchev–Trinajstić information content (AvgIpc) is 2.44. The second kappa shape index (κ2) is 9.55. The van der Waals surface area contributed by atoms with Crippen LogP contribution in [-0.4, -0.2) is 50.1 Å². The van der Waals surface area contributed by atoms with E-state index in [4.69, 9.17) is 5.73 Å². The lowest BCUT2D eigenvalue weighted by Gasteiger charge is -2.23. The summed E-state index contributed by atoms with van der Waals surface area (Å²) < 4.78 is 0. The van der Waals surface area contributed by atoms with Crippen LogP contribution in [0, 0.1) is 11.8 Å². The van der Waals surface area contributed by atoms with Gasteiger partial charge in [0.05, 0.1) is 6.54 Å². The zero-order valence-corrected chi connectivity index (χ0v) is 13.0. The van der Waals surface area contributed by atoms with Crippen LogP contribution in [0.25, 0.3) is 0 Å². The Morgan fingerprint density at radius 1 is 1.05 bits per heavy atom. The number of hydrogen-bond donors (Lipinski definition) is 1. The topological polar surface area (TPSA) is 32.5 Å². The van der Waals surface area contributed by atoms with E-state index in [1.807, 2.05) is 0 Å². The molecule has 0 unspecified atom stereocenters. The van der Waals surface area contributed by atoms with Crippen molar-refractivity contribution in [3.05, 3.63) is 35.4 Å². The number of rotatable bonds is 7. The standard InChI is InChI=1S/C17H27N3/c1-4-12-20(14-13-19(2)3)15-17-9-7-16(8-10-17)6-5-11-18/h7-10H,4,11-15,18H2,1-3H3. The van der Waals surface area contributed by atoms with Crippen molar-refractivity contribution in [1.82, 2.24) is 9.80 Å². The summed E-state index contributed by atoms with van der Waals surface area (Å²) in [5.74, 6) is 5.93. The summed E-state index contributed by atoms with van der Waals surface area (Å²) in [6.45, 7) is 7.00. The molecule has 1 rings (SSSR count). The Bertz CT molecular complexity index is 426. The van der Waals surface area contributed by atoms with E-state index in [0.717, 1.165) is 31.7 Å². The molecule has 1 aromatic rings. The maximum absolute atomic E-state index is 5.38. The summed E-state index contributed by atoms with van der Waals surface area (Å²) in [5.41, 5.74) is 7.76. The van der Waals surface area contributed by atoms with Crippen LogP contribution in [0.15, 0.2) is 24.3 Å². The van der Waals surface area contributed by atoms with Crippen LogP contribution in [0.1, 0.15) is 24.5 Å². The second-order valence-electron chi connectivity index (χ2n) is 5.28. The van der Waals surface area contributed by atoms with E-state index >= 15 is 0 Å². The maximum Gasteiger partial charge on any atom is 0.0555 e. The van der Waals surface area contributed by atoms with Gasteiger partial charge in [0, 0.05) is 25.2 Å². The van der Waals surface area contributed by atoms with Gasteiger partial charge in [0.2, 0.25) is 0 Å². The van der Waals surface area contributed by atoms with Gasteiger partial charge in [0.1, 0.15) is 0 Å². The van der Waals surface area contributed by atoms with Crippen LogP contribution in [0.2, 0.25) is 0 Å². The molecule has 0 amide bonds. The summed E-state index contributed by atoms with van der Waals surface area (Å²) >= 11 is 0. The number of nitrogens with two attached hydrogens (primary N) is 1. The van der Waals surface area contributed by atoms with Crippen LogP contribution in [0.3, 0.4) is 0 Å². The van der Waals surface area contributed by atoms with E-state index in [1.54, 1.807) is 0 Å². The van der Waals surface area contributed by atoms with Gasteiger partial charge in [0.15, 0.2) is 0 Å². The fourth-order valence-corrected chi connectivity index (χ4v) is 2.03. The molecule has 0 saturated heterocycles. The van der Waals surface area contributed by atoms with Crippen molar-refractivity contribution in [3.63, 3.8) is 0 Å². The minimum atomic E-state index is 0.413. The Balaban J connectivity index is 2.58. The van der Waals surface area contributed by atoms with Gasteiger partial charge in [-0.3, -0.25) is 4.90 Å². The van der Waals surface area contributed by atoms with Crippen LogP contribution < -0.4 is 5.73 Å². The molecule has 0 fully saturated rings. The van der Waals surface area contributed by atoms with Crippen molar-refractivity contribution in [2.24, 2.45) is 5.73 Å². The van der Waals surface area contributed by atoms with E-state index < -0.39 is 0 Å². The molecule has 110 valence electrons. The Hall–Kier alpha value is -1.34. The number of likely N-dealkylation sites (N-methyl/N-ethyl adjacent to an activating group) is 1. The van der Waals surface area contributed by atoms with Crippen LogP contribution in [0.5, 0.6) is 0 Å². The van der Waals surface area contributed by atoms with Gasteiger partial charge in [0.25, 0.3) is 0 Å². The summed E-state index contributed by atoms with van der Waals surface area (Å²) in [6.07, 6.45) is 1.19. The van der Waals surface area contributed by atoms with Gasteiger partial charge in [-0.05, 0) is 44.8 Å². The van der Waals surface area contributed by atoms with E-state index in [-0.39, 0.29) is 0 Å². The van der Waals surface area contributed by atoms with E-state index in [0.29, 0.717) is 6.54 Å². The van der Waals surface area contributed by atoms with Gasteiger partial charge < -0.3 is 10.6 Å². The lowest BCUT2D eigenvalue weighted by atomic mass is 10.1. The first-order chi connectivity index (χ1) is 9.65. The third-order valence-corrected chi connectivity index (χ3v) is 3.10. The maximum atomic E-state index is 5.38. The molecule has 3 nitrogen and oxygen atoms in total. The summed E-state index contributed by atoms with van der Waals surface area (Å²) in [7, 11) is 4.24. The van der Waals surface area contributed by atoms with Gasteiger partial charge >= 0.3 is 0 Å². The highest BCUT2D eigenvalue weighted by Gasteiger charge is 2.05. The predicted molar refractivity (Wildman–Crippen MR) is 86.5 cm³/mol. The lowest BCUT2D eigenvalue weighted by Crippen LogP contribution is -2.32. The molecule has 1 aromatic carbocycles.